The summed E-state index contributed by atoms with van der Waals surface area (Å²) >= 11 is 0. The Bertz CT molecular complexity index is 689. The molecule has 4 aliphatic rings. The largest absolute Gasteiger partial charge is 0.435 e. The lowest BCUT2D eigenvalue weighted by atomic mass is 9.47. The second kappa shape index (κ2) is 6.52. The molecule has 0 aliphatic heterocycles. The fourth-order valence-corrected chi connectivity index (χ4v) is 6.50. The van der Waals surface area contributed by atoms with Crippen molar-refractivity contribution in [1.82, 2.24) is 15.1 Å². The number of rotatable bonds is 5. The fraction of sp³-hybridized carbons (Fsp3) is 0.800. The van der Waals surface area contributed by atoms with Gasteiger partial charge in [-0.05, 0) is 75.0 Å². The van der Waals surface area contributed by atoms with E-state index in [1.165, 1.54) is 19.3 Å². The van der Waals surface area contributed by atoms with E-state index in [1.54, 1.807) is 6.92 Å². The monoisotopic (exact) mass is 383 g/mol. The van der Waals surface area contributed by atoms with E-state index in [9.17, 15) is 18.0 Å². The predicted octanol–water partition coefficient (Wildman–Crippen LogP) is 4.65. The van der Waals surface area contributed by atoms with Crippen LogP contribution in [0.4, 0.5) is 13.2 Å². The van der Waals surface area contributed by atoms with Crippen LogP contribution in [0, 0.1) is 23.2 Å². The highest BCUT2D eigenvalue weighted by Gasteiger charge is 2.54. The average Bonchev–Trinajstić information content (AvgIpc) is 3.03. The molecule has 0 aromatic carbocycles. The smallest absolute Gasteiger partial charge is 0.347 e. The lowest BCUT2D eigenvalue weighted by Gasteiger charge is -2.59. The summed E-state index contributed by atoms with van der Waals surface area (Å²) in [4.78, 5) is 12.9. The van der Waals surface area contributed by atoms with Crippen molar-refractivity contribution in [3.63, 3.8) is 0 Å². The fourth-order valence-electron chi connectivity index (χ4n) is 6.50. The molecule has 1 aromatic heterocycles. The van der Waals surface area contributed by atoms with E-state index in [0.29, 0.717) is 0 Å². The summed E-state index contributed by atoms with van der Waals surface area (Å²) < 4.78 is 40.2. The first kappa shape index (κ1) is 18.8. The zero-order valence-electron chi connectivity index (χ0n) is 16.0. The van der Waals surface area contributed by atoms with Gasteiger partial charge < -0.3 is 5.32 Å². The van der Waals surface area contributed by atoms with Gasteiger partial charge in [0.2, 0.25) is 0 Å². The van der Waals surface area contributed by atoms with E-state index in [4.69, 9.17) is 0 Å². The Morgan fingerprint density at radius 2 is 1.78 bits per heavy atom. The first-order chi connectivity index (χ1) is 12.7. The van der Waals surface area contributed by atoms with Gasteiger partial charge in [-0.15, -0.1) is 0 Å². The van der Waals surface area contributed by atoms with Crippen LogP contribution >= 0.6 is 0 Å². The summed E-state index contributed by atoms with van der Waals surface area (Å²) in [5.74, 6) is 1.86. The number of hydrogen-bond acceptors (Lipinski definition) is 2. The molecule has 1 aromatic rings. The van der Waals surface area contributed by atoms with Gasteiger partial charge in [-0.2, -0.15) is 18.3 Å². The Labute approximate surface area is 157 Å². The number of carbonyl (C=O) groups is 1. The topological polar surface area (TPSA) is 46.9 Å². The van der Waals surface area contributed by atoms with Gasteiger partial charge in [-0.3, -0.25) is 9.48 Å². The van der Waals surface area contributed by atoms with Crippen molar-refractivity contribution >= 4 is 5.91 Å². The van der Waals surface area contributed by atoms with Crippen molar-refractivity contribution in [3.05, 3.63) is 17.5 Å². The summed E-state index contributed by atoms with van der Waals surface area (Å²) in [7, 11) is 0. The molecule has 0 radical (unpaired) electrons. The highest BCUT2D eigenvalue weighted by Crippen LogP contribution is 2.61. The first-order valence-corrected chi connectivity index (χ1v) is 10.2. The predicted molar refractivity (Wildman–Crippen MR) is 95.1 cm³/mol. The number of halogens is 3. The molecular formula is C20H28F3N3O. The maximum Gasteiger partial charge on any atom is 0.435 e. The van der Waals surface area contributed by atoms with Crippen LogP contribution < -0.4 is 5.32 Å². The zero-order valence-corrected chi connectivity index (χ0v) is 16.0. The van der Waals surface area contributed by atoms with Gasteiger partial charge in [0.05, 0.1) is 0 Å². The number of aromatic nitrogens is 2. The molecule has 27 heavy (non-hydrogen) atoms. The molecule has 1 amide bonds. The number of hydrogen-bond donors (Lipinski definition) is 1. The van der Waals surface area contributed by atoms with Crippen molar-refractivity contribution in [2.45, 2.75) is 77.6 Å². The number of alkyl halides is 3. The number of amides is 1. The van der Waals surface area contributed by atoms with E-state index >= 15 is 0 Å². The molecule has 0 spiro atoms. The number of aryl methyl sites for hydroxylation is 1. The van der Waals surface area contributed by atoms with Crippen molar-refractivity contribution in [2.24, 2.45) is 23.2 Å². The normalized spacial score (nSPS) is 33.3. The summed E-state index contributed by atoms with van der Waals surface area (Å²) in [5.41, 5.74) is -0.867. The summed E-state index contributed by atoms with van der Waals surface area (Å²) in [6.07, 6.45) is 3.68. The third kappa shape index (κ3) is 3.27. The molecule has 4 saturated carbocycles. The van der Waals surface area contributed by atoms with Crippen molar-refractivity contribution in [3.8, 4) is 0 Å². The quantitative estimate of drug-likeness (QED) is 0.805. The van der Waals surface area contributed by atoms with Crippen LogP contribution in [0.2, 0.25) is 0 Å². The highest BCUT2D eigenvalue weighted by atomic mass is 19.4. The minimum Gasteiger partial charge on any atom is -0.347 e. The first-order valence-electron chi connectivity index (χ1n) is 10.2. The molecule has 4 nitrogen and oxygen atoms in total. The Hall–Kier alpha value is -1.53. The van der Waals surface area contributed by atoms with Crippen LogP contribution in [-0.4, -0.2) is 21.7 Å². The summed E-state index contributed by atoms with van der Waals surface area (Å²) in [6.45, 7) is 4.00. The average molecular weight is 383 g/mol. The Balaban J connectivity index is 1.56. The second-order valence-corrected chi connectivity index (χ2v) is 8.94. The molecular weight excluding hydrogens is 355 g/mol. The van der Waals surface area contributed by atoms with Gasteiger partial charge in [0.25, 0.3) is 5.91 Å². The second-order valence-electron chi connectivity index (χ2n) is 8.94. The molecule has 1 heterocycles. The van der Waals surface area contributed by atoms with Gasteiger partial charge in [-0.25, -0.2) is 0 Å². The van der Waals surface area contributed by atoms with E-state index < -0.39 is 17.8 Å². The van der Waals surface area contributed by atoms with Gasteiger partial charge in [0, 0.05) is 18.7 Å². The third-order valence-corrected chi connectivity index (χ3v) is 7.14. The Morgan fingerprint density at radius 1 is 1.22 bits per heavy atom. The van der Waals surface area contributed by atoms with Crippen molar-refractivity contribution < 1.29 is 18.0 Å². The highest BCUT2D eigenvalue weighted by molar-refractivity contribution is 5.93. The molecule has 150 valence electrons. The van der Waals surface area contributed by atoms with Crippen LogP contribution in [0.5, 0.6) is 0 Å². The minimum atomic E-state index is -4.54. The standard InChI is InChI=1S/C20H28F3N3O/c1-3-16(19-9-12-5-13(10-19)7-14(6-12)11-19)24-18(27)15-8-17(20(21,22)23)25-26(15)4-2/h8,12-14,16H,3-7,9-11H2,1-2H3,(H,24,27)/t12?,13?,14?,16-,19?/m1/s1. The number of nitrogens with zero attached hydrogens (tertiary/aromatic N) is 2. The molecule has 4 aliphatic carbocycles. The van der Waals surface area contributed by atoms with Gasteiger partial charge in [0.15, 0.2) is 5.69 Å². The lowest BCUT2D eigenvalue weighted by molar-refractivity contribution is -0.141. The van der Waals surface area contributed by atoms with Crippen molar-refractivity contribution in [2.75, 3.05) is 0 Å². The Morgan fingerprint density at radius 3 is 2.22 bits per heavy atom. The molecule has 0 saturated heterocycles. The molecule has 1 N–H and O–H groups in total. The zero-order chi connectivity index (χ0) is 19.4. The van der Waals surface area contributed by atoms with Gasteiger partial charge >= 0.3 is 6.18 Å². The van der Waals surface area contributed by atoms with Crippen LogP contribution in [0.1, 0.15) is 75.0 Å². The molecule has 4 fully saturated rings. The number of nitrogens with one attached hydrogen (secondary N) is 1. The van der Waals surface area contributed by atoms with Crippen LogP contribution in [0.3, 0.4) is 0 Å². The van der Waals surface area contributed by atoms with Crippen molar-refractivity contribution in [1.29, 1.82) is 0 Å². The SMILES string of the molecule is CC[C@@H](NC(=O)c1cc(C(F)(F)F)nn1CC)C12CC3CC(CC(C3)C1)C2. The van der Waals surface area contributed by atoms with E-state index in [2.05, 4.69) is 17.3 Å². The summed E-state index contributed by atoms with van der Waals surface area (Å²) in [6, 6.07) is 0.901. The molecule has 5 rings (SSSR count). The maximum absolute atomic E-state index is 13.0. The molecule has 0 unspecified atom stereocenters. The van der Waals surface area contributed by atoms with Gasteiger partial charge in [0.1, 0.15) is 5.69 Å². The lowest BCUT2D eigenvalue weighted by Crippen LogP contribution is -2.56. The molecule has 1 atom stereocenters. The summed E-state index contributed by atoms with van der Waals surface area (Å²) in [5, 5.41) is 6.69. The number of carbonyl (C=O) groups excluding carboxylic acids is 1. The minimum absolute atomic E-state index is 0.00741. The van der Waals surface area contributed by atoms with Crippen LogP contribution in [-0.2, 0) is 12.7 Å². The van der Waals surface area contributed by atoms with E-state index in [0.717, 1.165) is 54.2 Å². The third-order valence-electron chi connectivity index (χ3n) is 7.14. The maximum atomic E-state index is 13.0. The molecule has 7 heteroatoms. The van der Waals surface area contributed by atoms with Crippen LogP contribution in [0.15, 0.2) is 6.07 Å². The molecule has 4 bridgehead atoms. The van der Waals surface area contributed by atoms with E-state index in [1.807, 2.05) is 0 Å². The van der Waals surface area contributed by atoms with E-state index in [-0.39, 0.29) is 23.7 Å². The van der Waals surface area contributed by atoms with Gasteiger partial charge in [-0.1, -0.05) is 6.92 Å². The Kier molecular flexibility index (Phi) is 4.54. The van der Waals surface area contributed by atoms with Crippen LogP contribution in [0.25, 0.3) is 0 Å².